The maximum atomic E-state index is 11.6. The highest BCUT2D eigenvalue weighted by molar-refractivity contribution is 5.69. The largest absolute Gasteiger partial charge is 0.481 e. The van der Waals surface area contributed by atoms with Crippen molar-refractivity contribution in [3.8, 4) is 0 Å². The average Bonchev–Trinajstić information content (AvgIpc) is 3.08. The van der Waals surface area contributed by atoms with Gasteiger partial charge in [-0.15, -0.1) is 0 Å². The Morgan fingerprint density at radius 3 is 2.38 bits per heavy atom. The van der Waals surface area contributed by atoms with Crippen molar-refractivity contribution in [2.45, 2.75) is 110 Å². The number of aliphatic hydroxyl groups excluding tert-OH is 3. The molecule has 4 aliphatic rings. The molecule has 5 heteroatoms. The summed E-state index contributed by atoms with van der Waals surface area (Å²) in [6.07, 6.45) is 8.11. The monoisotopic (exact) mass is 450 g/mol. The molecule has 4 fully saturated rings. The van der Waals surface area contributed by atoms with E-state index in [-0.39, 0.29) is 41.0 Å². The molecule has 0 aliphatic heterocycles. The molecule has 12 atom stereocenters. The van der Waals surface area contributed by atoms with Gasteiger partial charge in [-0.2, -0.15) is 0 Å². The zero-order chi connectivity index (χ0) is 23.4. The van der Waals surface area contributed by atoms with Crippen molar-refractivity contribution in [3.63, 3.8) is 0 Å². The highest BCUT2D eigenvalue weighted by Gasteiger charge is 2.65. The fraction of sp³-hybridized carbons (Fsp3) is 0.963. The number of carbonyl (C=O) groups is 1. The van der Waals surface area contributed by atoms with E-state index in [1.165, 1.54) is 0 Å². The Kier molecular flexibility index (Phi) is 6.77. The van der Waals surface area contributed by atoms with Gasteiger partial charge in [0.25, 0.3) is 0 Å². The first kappa shape index (κ1) is 24.5. The van der Waals surface area contributed by atoms with Gasteiger partial charge in [-0.3, -0.25) is 4.79 Å². The zero-order valence-electron chi connectivity index (χ0n) is 20.5. The van der Waals surface area contributed by atoms with Crippen molar-refractivity contribution in [1.82, 2.24) is 0 Å². The Hall–Kier alpha value is -0.650. The van der Waals surface area contributed by atoms with Crippen LogP contribution in [0.1, 0.15) is 91.9 Å². The molecule has 4 aliphatic carbocycles. The van der Waals surface area contributed by atoms with Crippen LogP contribution in [0.25, 0.3) is 0 Å². The molecule has 0 bridgehead atoms. The number of fused-ring (bicyclic) bond motifs is 5. The highest BCUT2D eigenvalue weighted by Crippen LogP contribution is 2.68. The Labute approximate surface area is 194 Å². The summed E-state index contributed by atoms with van der Waals surface area (Å²) in [5, 5.41) is 42.4. The summed E-state index contributed by atoms with van der Waals surface area (Å²) in [5.41, 5.74) is -0.0561. The molecular formula is C27H46O5. The standard InChI is InChI=1S/C27H46O5/c1-15(6-5-7-16(2)25(31)32)19-8-9-20-24-21(14-23(30)27(19,20)4)26(3)11-10-18(28)12-17(26)13-22(24)29/h15-24,28-30H,5-14H2,1-4H3,(H,31,32)/t15-,16-,17-,18-,19+,20?,21?,22+,23-,24?,26-,27+/m0/s1. The summed E-state index contributed by atoms with van der Waals surface area (Å²) in [4.78, 5) is 11.2. The molecule has 0 amide bonds. The second-order valence-electron chi connectivity index (χ2n) is 12.7. The molecule has 0 radical (unpaired) electrons. The van der Waals surface area contributed by atoms with Gasteiger partial charge in [0.05, 0.1) is 24.2 Å². The highest BCUT2D eigenvalue weighted by atomic mass is 16.4. The van der Waals surface area contributed by atoms with E-state index in [1.807, 2.05) is 0 Å². The molecule has 4 saturated carbocycles. The Morgan fingerprint density at radius 1 is 0.969 bits per heavy atom. The molecule has 0 aromatic carbocycles. The zero-order valence-corrected chi connectivity index (χ0v) is 20.5. The van der Waals surface area contributed by atoms with Gasteiger partial charge in [-0.1, -0.05) is 40.5 Å². The van der Waals surface area contributed by atoms with E-state index in [0.717, 1.165) is 57.8 Å². The van der Waals surface area contributed by atoms with Crippen LogP contribution in [-0.4, -0.2) is 44.7 Å². The van der Waals surface area contributed by atoms with Gasteiger partial charge in [-0.05, 0) is 97.7 Å². The number of carboxylic acid groups (broad SMARTS) is 1. The second kappa shape index (κ2) is 8.85. The predicted octanol–water partition coefficient (Wildman–Crippen LogP) is 4.47. The molecule has 4 N–H and O–H groups in total. The fourth-order valence-corrected chi connectivity index (χ4v) is 9.20. The third kappa shape index (κ3) is 3.84. The quantitative estimate of drug-likeness (QED) is 0.478. The van der Waals surface area contributed by atoms with Gasteiger partial charge in [0.2, 0.25) is 0 Å². The van der Waals surface area contributed by atoms with Crippen molar-refractivity contribution in [2.75, 3.05) is 0 Å². The molecule has 0 saturated heterocycles. The van der Waals surface area contributed by atoms with Crippen molar-refractivity contribution in [1.29, 1.82) is 0 Å². The number of hydrogen-bond donors (Lipinski definition) is 4. The van der Waals surface area contributed by atoms with Crippen LogP contribution in [0.3, 0.4) is 0 Å². The molecule has 32 heavy (non-hydrogen) atoms. The van der Waals surface area contributed by atoms with Crippen molar-refractivity contribution in [3.05, 3.63) is 0 Å². The third-order valence-corrected chi connectivity index (χ3v) is 11.2. The van der Waals surface area contributed by atoms with E-state index in [2.05, 4.69) is 20.8 Å². The van der Waals surface area contributed by atoms with E-state index in [4.69, 9.17) is 0 Å². The lowest BCUT2D eigenvalue weighted by Crippen LogP contribution is -2.62. The SMILES string of the molecule is C[C@@H](CCC[C@H](C)[C@H]1CCC2C3C(C[C@H](O)[C@@]21C)[C@@]1(C)CC[C@H](O)C[C@H]1C[C@H]3O)C(=O)O. The maximum Gasteiger partial charge on any atom is 0.306 e. The summed E-state index contributed by atoms with van der Waals surface area (Å²) < 4.78 is 0. The minimum absolute atomic E-state index is 0.113. The average molecular weight is 451 g/mol. The van der Waals surface area contributed by atoms with Crippen molar-refractivity contribution < 1.29 is 25.2 Å². The van der Waals surface area contributed by atoms with Crippen LogP contribution in [0.2, 0.25) is 0 Å². The first-order valence-corrected chi connectivity index (χ1v) is 13.3. The van der Waals surface area contributed by atoms with Gasteiger partial charge >= 0.3 is 5.97 Å². The van der Waals surface area contributed by atoms with Crippen LogP contribution in [0, 0.1) is 52.3 Å². The maximum absolute atomic E-state index is 11.6. The third-order valence-electron chi connectivity index (χ3n) is 11.2. The van der Waals surface area contributed by atoms with E-state index in [9.17, 15) is 25.2 Å². The summed E-state index contributed by atoms with van der Waals surface area (Å²) in [7, 11) is 0. The van der Waals surface area contributed by atoms with Crippen LogP contribution in [0.5, 0.6) is 0 Å². The van der Waals surface area contributed by atoms with Gasteiger partial charge in [0.15, 0.2) is 0 Å². The molecule has 3 unspecified atom stereocenters. The van der Waals surface area contributed by atoms with Gasteiger partial charge in [0.1, 0.15) is 0 Å². The second-order valence-corrected chi connectivity index (χ2v) is 12.7. The lowest BCUT2D eigenvalue weighted by Gasteiger charge is -2.63. The molecule has 0 heterocycles. The van der Waals surface area contributed by atoms with Crippen molar-refractivity contribution in [2.24, 2.45) is 52.3 Å². The molecule has 184 valence electrons. The topological polar surface area (TPSA) is 98.0 Å². The van der Waals surface area contributed by atoms with E-state index in [0.29, 0.717) is 36.0 Å². The van der Waals surface area contributed by atoms with E-state index >= 15 is 0 Å². The molecule has 0 aromatic rings. The first-order chi connectivity index (χ1) is 15.0. The smallest absolute Gasteiger partial charge is 0.306 e. The van der Waals surface area contributed by atoms with E-state index in [1.54, 1.807) is 6.92 Å². The van der Waals surface area contributed by atoms with Crippen LogP contribution in [-0.2, 0) is 4.79 Å². The summed E-state index contributed by atoms with van der Waals surface area (Å²) in [6.45, 7) is 8.74. The number of hydrogen-bond acceptors (Lipinski definition) is 4. The van der Waals surface area contributed by atoms with Gasteiger partial charge in [-0.25, -0.2) is 0 Å². The molecule has 5 nitrogen and oxygen atoms in total. The molecule has 4 rings (SSSR count). The number of aliphatic carboxylic acids is 1. The van der Waals surface area contributed by atoms with Crippen LogP contribution >= 0.6 is 0 Å². The normalized spacial score (nSPS) is 50.1. The number of aliphatic hydroxyl groups is 3. The minimum atomic E-state index is -0.715. The summed E-state index contributed by atoms with van der Waals surface area (Å²) in [5.74, 6) is 1.16. The molecule has 0 aromatic heterocycles. The van der Waals surface area contributed by atoms with E-state index < -0.39 is 5.97 Å². The first-order valence-electron chi connectivity index (χ1n) is 13.3. The van der Waals surface area contributed by atoms with Crippen LogP contribution in [0.15, 0.2) is 0 Å². The lowest BCUT2D eigenvalue weighted by atomic mass is 9.43. The predicted molar refractivity (Wildman–Crippen MR) is 124 cm³/mol. The number of rotatable bonds is 6. The Bertz CT molecular complexity index is 696. The van der Waals surface area contributed by atoms with Gasteiger partial charge in [0, 0.05) is 0 Å². The Balaban J connectivity index is 1.51. The van der Waals surface area contributed by atoms with Crippen LogP contribution < -0.4 is 0 Å². The molecular weight excluding hydrogens is 404 g/mol. The van der Waals surface area contributed by atoms with Gasteiger partial charge < -0.3 is 20.4 Å². The minimum Gasteiger partial charge on any atom is -0.481 e. The van der Waals surface area contributed by atoms with Crippen molar-refractivity contribution >= 4 is 5.97 Å². The number of carboxylic acids is 1. The lowest BCUT2D eigenvalue weighted by molar-refractivity contribution is -0.207. The summed E-state index contributed by atoms with van der Waals surface area (Å²) in [6, 6.07) is 0. The van der Waals surface area contributed by atoms with Crippen LogP contribution in [0.4, 0.5) is 0 Å². The fourth-order valence-electron chi connectivity index (χ4n) is 9.20. The summed E-state index contributed by atoms with van der Waals surface area (Å²) >= 11 is 0. The Morgan fingerprint density at radius 2 is 1.69 bits per heavy atom. The molecule has 0 spiro atoms.